The predicted octanol–water partition coefficient (Wildman–Crippen LogP) is 0.942. The summed E-state index contributed by atoms with van der Waals surface area (Å²) in [5, 5.41) is 9.66. The van der Waals surface area contributed by atoms with Crippen LogP contribution < -0.4 is 4.90 Å². The summed E-state index contributed by atoms with van der Waals surface area (Å²) in [6, 6.07) is 11.1. The highest BCUT2D eigenvalue weighted by Gasteiger charge is 2.35. The number of hydrogen-bond acceptors (Lipinski definition) is 3. The van der Waals surface area contributed by atoms with E-state index in [1.165, 1.54) is 5.69 Å². The summed E-state index contributed by atoms with van der Waals surface area (Å²) in [6.45, 7) is 4.08. The molecule has 3 heteroatoms. The first-order valence-corrected chi connectivity index (χ1v) is 6.05. The largest absolute Gasteiger partial charge is 0.392 e. The second kappa shape index (κ2) is 4.07. The molecule has 2 saturated heterocycles. The van der Waals surface area contributed by atoms with Crippen molar-refractivity contribution in [3.63, 3.8) is 0 Å². The Morgan fingerprint density at radius 2 is 1.88 bits per heavy atom. The number of rotatable bonds is 1. The molecule has 16 heavy (non-hydrogen) atoms. The third kappa shape index (κ3) is 1.81. The van der Waals surface area contributed by atoms with Gasteiger partial charge in [-0.2, -0.15) is 0 Å². The van der Waals surface area contributed by atoms with Crippen LogP contribution in [0.1, 0.15) is 6.42 Å². The summed E-state index contributed by atoms with van der Waals surface area (Å²) in [5.74, 6) is 0. The van der Waals surface area contributed by atoms with Gasteiger partial charge in [0.25, 0.3) is 0 Å². The lowest BCUT2D eigenvalue weighted by Crippen LogP contribution is -2.50. The number of benzene rings is 1. The van der Waals surface area contributed by atoms with Gasteiger partial charge in [0, 0.05) is 37.9 Å². The Balaban J connectivity index is 1.72. The predicted molar refractivity (Wildman–Crippen MR) is 64.6 cm³/mol. The fraction of sp³-hybridized carbons (Fsp3) is 0.538. The fourth-order valence-electron chi connectivity index (χ4n) is 2.89. The molecule has 2 atom stereocenters. The molecule has 1 aromatic carbocycles. The molecule has 2 aliphatic heterocycles. The molecule has 0 amide bonds. The van der Waals surface area contributed by atoms with Crippen LogP contribution in [0, 0.1) is 0 Å². The lowest BCUT2D eigenvalue weighted by atomic mass is 10.1. The van der Waals surface area contributed by atoms with Crippen molar-refractivity contribution >= 4 is 5.69 Å². The Bertz CT molecular complexity index is 354. The first kappa shape index (κ1) is 10.1. The molecule has 86 valence electrons. The summed E-state index contributed by atoms with van der Waals surface area (Å²) in [4.78, 5) is 4.85. The van der Waals surface area contributed by atoms with Crippen molar-refractivity contribution < 1.29 is 5.11 Å². The second-order valence-corrected chi connectivity index (χ2v) is 4.82. The topological polar surface area (TPSA) is 26.7 Å². The van der Waals surface area contributed by atoms with Crippen molar-refractivity contribution in [3.05, 3.63) is 30.3 Å². The third-order valence-electron chi connectivity index (χ3n) is 3.72. The third-order valence-corrected chi connectivity index (χ3v) is 3.72. The molecule has 1 aromatic rings. The second-order valence-electron chi connectivity index (χ2n) is 4.82. The van der Waals surface area contributed by atoms with Crippen LogP contribution in [0.2, 0.25) is 0 Å². The lowest BCUT2D eigenvalue weighted by molar-refractivity contribution is 0.173. The minimum Gasteiger partial charge on any atom is -0.392 e. The maximum atomic E-state index is 9.66. The van der Waals surface area contributed by atoms with Crippen LogP contribution in [0.5, 0.6) is 0 Å². The van der Waals surface area contributed by atoms with E-state index in [4.69, 9.17) is 0 Å². The van der Waals surface area contributed by atoms with E-state index >= 15 is 0 Å². The Morgan fingerprint density at radius 1 is 1.06 bits per heavy atom. The van der Waals surface area contributed by atoms with Gasteiger partial charge in [-0.15, -0.1) is 0 Å². The van der Waals surface area contributed by atoms with E-state index in [9.17, 15) is 5.11 Å². The van der Waals surface area contributed by atoms with E-state index in [0.29, 0.717) is 6.04 Å². The van der Waals surface area contributed by atoms with E-state index < -0.39 is 0 Å². The molecule has 1 N–H and O–H groups in total. The summed E-state index contributed by atoms with van der Waals surface area (Å²) in [7, 11) is 0. The van der Waals surface area contributed by atoms with Gasteiger partial charge >= 0.3 is 0 Å². The maximum absolute atomic E-state index is 9.66. The number of hydrogen-bond donors (Lipinski definition) is 1. The molecule has 2 aliphatic rings. The highest BCUT2D eigenvalue weighted by Crippen LogP contribution is 2.25. The van der Waals surface area contributed by atoms with Crippen molar-refractivity contribution in [1.29, 1.82) is 0 Å². The standard InChI is InChI=1S/C13H18N2O/c16-13-8-12-9-14(6-7-15(12)10-13)11-4-2-1-3-5-11/h1-5,12-13,16H,6-10H2. The van der Waals surface area contributed by atoms with E-state index in [0.717, 1.165) is 32.6 Å². The van der Waals surface area contributed by atoms with Crippen molar-refractivity contribution in [2.45, 2.75) is 18.6 Å². The molecular weight excluding hydrogens is 200 g/mol. The molecule has 0 radical (unpaired) electrons. The molecule has 0 aromatic heterocycles. The number of nitrogens with zero attached hydrogens (tertiary/aromatic N) is 2. The molecule has 0 bridgehead atoms. The Hall–Kier alpha value is -1.06. The maximum Gasteiger partial charge on any atom is 0.0682 e. The number of aliphatic hydroxyl groups excluding tert-OH is 1. The van der Waals surface area contributed by atoms with Gasteiger partial charge in [-0.1, -0.05) is 18.2 Å². The van der Waals surface area contributed by atoms with E-state index in [1.54, 1.807) is 0 Å². The zero-order valence-corrected chi connectivity index (χ0v) is 9.42. The SMILES string of the molecule is OC1CC2CN(c3ccccc3)CCN2C1. The minimum atomic E-state index is -0.110. The monoisotopic (exact) mass is 218 g/mol. The highest BCUT2D eigenvalue weighted by molar-refractivity contribution is 5.46. The smallest absolute Gasteiger partial charge is 0.0682 e. The lowest BCUT2D eigenvalue weighted by Gasteiger charge is -2.38. The average Bonchev–Trinajstić information content (AvgIpc) is 2.69. The van der Waals surface area contributed by atoms with Gasteiger partial charge in [0.1, 0.15) is 0 Å². The molecule has 3 rings (SSSR count). The number of fused-ring (bicyclic) bond motifs is 1. The van der Waals surface area contributed by atoms with Gasteiger partial charge in [-0.3, -0.25) is 4.90 Å². The normalized spacial score (nSPS) is 30.4. The van der Waals surface area contributed by atoms with Crippen molar-refractivity contribution in [1.82, 2.24) is 4.90 Å². The molecule has 0 aliphatic carbocycles. The number of piperazine rings is 1. The molecule has 0 saturated carbocycles. The van der Waals surface area contributed by atoms with Crippen LogP contribution in [-0.4, -0.2) is 48.3 Å². The minimum absolute atomic E-state index is 0.110. The van der Waals surface area contributed by atoms with Gasteiger partial charge in [-0.05, 0) is 18.6 Å². The van der Waals surface area contributed by atoms with Crippen LogP contribution in [-0.2, 0) is 0 Å². The molecule has 0 spiro atoms. The Morgan fingerprint density at radius 3 is 2.69 bits per heavy atom. The van der Waals surface area contributed by atoms with E-state index in [1.807, 2.05) is 0 Å². The van der Waals surface area contributed by atoms with Gasteiger partial charge < -0.3 is 10.0 Å². The van der Waals surface area contributed by atoms with Gasteiger partial charge in [0.05, 0.1) is 6.10 Å². The van der Waals surface area contributed by atoms with Crippen LogP contribution in [0.4, 0.5) is 5.69 Å². The van der Waals surface area contributed by atoms with E-state index in [-0.39, 0.29) is 6.10 Å². The molecule has 2 unspecified atom stereocenters. The van der Waals surface area contributed by atoms with Crippen molar-refractivity contribution in [3.8, 4) is 0 Å². The molecule has 2 heterocycles. The highest BCUT2D eigenvalue weighted by atomic mass is 16.3. The zero-order chi connectivity index (χ0) is 11.0. The first-order valence-electron chi connectivity index (χ1n) is 6.05. The quantitative estimate of drug-likeness (QED) is 0.760. The molecule has 2 fully saturated rings. The van der Waals surface area contributed by atoms with Crippen molar-refractivity contribution in [2.24, 2.45) is 0 Å². The number of aliphatic hydroxyl groups is 1. The van der Waals surface area contributed by atoms with Crippen LogP contribution >= 0.6 is 0 Å². The average molecular weight is 218 g/mol. The first-order chi connectivity index (χ1) is 7.83. The zero-order valence-electron chi connectivity index (χ0n) is 9.42. The van der Waals surface area contributed by atoms with Crippen molar-refractivity contribution in [2.75, 3.05) is 31.1 Å². The Kier molecular flexibility index (Phi) is 2.58. The summed E-state index contributed by atoms with van der Waals surface area (Å²) >= 11 is 0. The van der Waals surface area contributed by atoms with Crippen LogP contribution in [0.15, 0.2) is 30.3 Å². The Labute approximate surface area is 96.3 Å². The number of anilines is 1. The summed E-state index contributed by atoms with van der Waals surface area (Å²) < 4.78 is 0. The summed E-state index contributed by atoms with van der Waals surface area (Å²) in [6.07, 6.45) is 0.823. The molecule has 3 nitrogen and oxygen atoms in total. The number of para-hydroxylation sites is 1. The van der Waals surface area contributed by atoms with Gasteiger partial charge in [0.15, 0.2) is 0 Å². The van der Waals surface area contributed by atoms with Gasteiger partial charge in [0.2, 0.25) is 0 Å². The van der Waals surface area contributed by atoms with Gasteiger partial charge in [-0.25, -0.2) is 0 Å². The van der Waals surface area contributed by atoms with Crippen LogP contribution in [0.3, 0.4) is 0 Å². The van der Waals surface area contributed by atoms with E-state index in [2.05, 4.69) is 40.1 Å². The fourth-order valence-corrected chi connectivity index (χ4v) is 2.89. The summed E-state index contributed by atoms with van der Waals surface area (Å²) in [5.41, 5.74) is 1.31. The van der Waals surface area contributed by atoms with Crippen LogP contribution in [0.25, 0.3) is 0 Å². The molecular formula is C13H18N2O.